The monoisotopic (exact) mass is 463 g/mol. The van der Waals surface area contributed by atoms with Crippen LogP contribution in [0.2, 0.25) is 0 Å². The van der Waals surface area contributed by atoms with Gasteiger partial charge in [0.15, 0.2) is 4.80 Å². The second-order valence-electron chi connectivity index (χ2n) is 9.16. The minimum atomic E-state index is -0.318. The Bertz CT molecular complexity index is 1190. The molecule has 0 N–H and O–H groups in total. The summed E-state index contributed by atoms with van der Waals surface area (Å²) in [5.41, 5.74) is 5.64. The van der Waals surface area contributed by atoms with Crippen LogP contribution in [0.1, 0.15) is 64.1 Å². The fourth-order valence-corrected chi connectivity index (χ4v) is 6.04. The van der Waals surface area contributed by atoms with E-state index in [-0.39, 0.29) is 10.6 Å². The third kappa shape index (κ3) is 4.67. The average molecular weight is 464 g/mol. The number of nitrogens with zero attached hydrogens (tertiary/aromatic N) is 3. The molecule has 3 atom stereocenters. The van der Waals surface area contributed by atoms with Gasteiger partial charge in [-0.05, 0) is 42.2 Å². The lowest BCUT2D eigenvalue weighted by molar-refractivity contribution is -0.384. The van der Waals surface area contributed by atoms with Crippen molar-refractivity contribution in [1.29, 1.82) is 0 Å². The van der Waals surface area contributed by atoms with Crippen LogP contribution < -0.4 is 4.80 Å². The zero-order valence-electron chi connectivity index (χ0n) is 20.0. The summed E-state index contributed by atoms with van der Waals surface area (Å²) in [6.45, 7) is 9.04. The third-order valence-electron chi connectivity index (χ3n) is 7.26. The summed E-state index contributed by atoms with van der Waals surface area (Å²) in [6.07, 6.45) is 5.42. The van der Waals surface area contributed by atoms with E-state index >= 15 is 0 Å². The molecule has 174 valence electrons. The molecule has 0 spiro atoms. The van der Waals surface area contributed by atoms with Crippen molar-refractivity contribution in [2.24, 2.45) is 16.8 Å². The van der Waals surface area contributed by atoms with E-state index in [1.165, 1.54) is 24.0 Å². The lowest BCUT2D eigenvalue weighted by Crippen LogP contribution is -2.32. The Hall–Kier alpha value is -2.73. The molecular formula is C27H33N3O2S. The normalized spacial score (nSPS) is 21.3. The second-order valence-corrected chi connectivity index (χ2v) is 10.00. The molecule has 1 aliphatic rings. The number of nitro benzene ring substituents is 1. The standard InChI is InChI=1S/C27H33N3O2S/c1-5-20-11-8-12-21(6-2)26(20)28-27-29(24-15-7-10-18(3)19(24)4)25(17-33-27)22-13-9-14-23(16-22)30(31)32/h8-9,11-14,16-19,24H,5-7,10,15H2,1-4H3. The van der Waals surface area contributed by atoms with Crippen molar-refractivity contribution in [3.8, 4) is 11.3 Å². The van der Waals surface area contributed by atoms with E-state index in [4.69, 9.17) is 4.99 Å². The van der Waals surface area contributed by atoms with Crippen molar-refractivity contribution < 1.29 is 4.92 Å². The van der Waals surface area contributed by atoms with Crippen LogP contribution in [0.3, 0.4) is 0 Å². The van der Waals surface area contributed by atoms with Crippen LogP contribution in [0.15, 0.2) is 52.8 Å². The van der Waals surface area contributed by atoms with Gasteiger partial charge in [0.25, 0.3) is 5.69 Å². The van der Waals surface area contributed by atoms with Crippen LogP contribution in [-0.2, 0) is 12.8 Å². The summed E-state index contributed by atoms with van der Waals surface area (Å²) in [7, 11) is 0. The van der Waals surface area contributed by atoms with Gasteiger partial charge in [-0.15, -0.1) is 11.3 Å². The Morgan fingerprint density at radius 2 is 1.79 bits per heavy atom. The summed E-state index contributed by atoms with van der Waals surface area (Å²) in [6, 6.07) is 13.8. The Morgan fingerprint density at radius 1 is 1.09 bits per heavy atom. The maximum absolute atomic E-state index is 11.4. The molecule has 1 heterocycles. The van der Waals surface area contributed by atoms with Crippen molar-refractivity contribution in [1.82, 2.24) is 4.57 Å². The summed E-state index contributed by atoms with van der Waals surface area (Å²) in [5, 5.41) is 13.6. The third-order valence-corrected chi connectivity index (χ3v) is 8.10. The number of nitro groups is 1. The molecule has 0 amide bonds. The lowest BCUT2D eigenvalue weighted by atomic mass is 9.78. The van der Waals surface area contributed by atoms with Crippen LogP contribution >= 0.6 is 11.3 Å². The minimum Gasteiger partial charge on any atom is -0.313 e. The number of non-ortho nitro benzene ring substituents is 1. The molecule has 3 aromatic rings. The zero-order valence-corrected chi connectivity index (χ0v) is 20.8. The predicted molar refractivity (Wildman–Crippen MR) is 136 cm³/mol. The van der Waals surface area contributed by atoms with Gasteiger partial charge in [0.2, 0.25) is 0 Å². The highest BCUT2D eigenvalue weighted by molar-refractivity contribution is 7.07. The Balaban J connectivity index is 1.96. The van der Waals surface area contributed by atoms with Crippen LogP contribution in [0.25, 0.3) is 11.3 Å². The predicted octanol–water partition coefficient (Wildman–Crippen LogP) is 7.48. The van der Waals surface area contributed by atoms with Crippen molar-refractivity contribution in [3.63, 3.8) is 0 Å². The Morgan fingerprint density at radius 3 is 2.45 bits per heavy atom. The smallest absolute Gasteiger partial charge is 0.270 e. The first kappa shape index (κ1) is 23.4. The first-order valence-electron chi connectivity index (χ1n) is 12.0. The number of para-hydroxylation sites is 1. The lowest BCUT2D eigenvalue weighted by Gasteiger charge is -2.36. The number of aromatic nitrogens is 1. The van der Waals surface area contributed by atoms with Crippen LogP contribution in [0.5, 0.6) is 0 Å². The minimum absolute atomic E-state index is 0.124. The first-order valence-corrected chi connectivity index (χ1v) is 12.9. The molecule has 1 aliphatic carbocycles. The molecule has 1 saturated carbocycles. The number of hydrogen-bond acceptors (Lipinski definition) is 4. The first-order chi connectivity index (χ1) is 15.9. The van der Waals surface area contributed by atoms with Gasteiger partial charge in [-0.25, -0.2) is 4.99 Å². The summed E-state index contributed by atoms with van der Waals surface area (Å²) in [4.78, 5) is 17.4. The molecule has 0 saturated heterocycles. The van der Waals surface area contributed by atoms with E-state index in [0.717, 1.165) is 41.0 Å². The fourth-order valence-electron chi connectivity index (χ4n) is 5.08. The van der Waals surface area contributed by atoms with Gasteiger partial charge in [-0.1, -0.05) is 70.9 Å². The summed E-state index contributed by atoms with van der Waals surface area (Å²) in [5.74, 6) is 1.15. The molecule has 0 radical (unpaired) electrons. The Labute approximate surface area is 200 Å². The molecule has 4 rings (SSSR count). The highest BCUT2D eigenvalue weighted by Gasteiger charge is 2.31. The molecule has 0 aliphatic heterocycles. The number of thiazole rings is 1. The van der Waals surface area contributed by atoms with Gasteiger partial charge in [-0.3, -0.25) is 10.1 Å². The van der Waals surface area contributed by atoms with Crippen LogP contribution in [-0.4, -0.2) is 9.49 Å². The van der Waals surface area contributed by atoms with E-state index in [0.29, 0.717) is 17.9 Å². The Kier molecular flexibility index (Phi) is 7.13. The molecule has 2 aromatic carbocycles. The molecule has 33 heavy (non-hydrogen) atoms. The van der Waals surface area contributed by atoms with Gasteiger partial charge in [-0.2, -0.15) is 0 Å². The largest absolute Gasteiger partial charge is 0.313 e. The van der Waals surface area contributed by atoms with Gasteiger partial charge in [0, 0.05) is 29.1 Å². The second kappa shape index (κ2) is 10.0. The van der Waals surface area contributed by atoms with Gasteiger partial charge in [0.05, 0.1) is 16.3 Å². The van der Waals surface area contributed by atoms with E-state index in [1.54, 1.807) is 29.5 Å². The highest BCUT2D eigenvalue weighted by atomic mass is 32.1. The van der Waals surface area contributed by atoms with Crippen LogP contribution in [0, 0.1) is 22.0 Å². The maximum Gasteiger partial charge on any atom is 0.270 e. The van der Waals surface area contributed by atoms with E-state index < -0.39 is 0 Å². The number of aryl methyl sites for hydroxylation is 2. The number of benzene rings is 2. The molecule has 0 bridgehead atoms. The topological polar surface area (TPSA) is 60.4 Å². The molecule has 6 heteroatoms. The number of hydrogen-bond donors (Lipinski definition) is 0. The van der Waals surface area contributed by atoms with Gasteiger partial charge >= 0.3 is 0 Å². The number of rotatable bonds is 6. The summed E-state index contributed by atoms with van der Waals surface area (Å²) >= 11 is 1.64. The van der Waals surface area contributed by atoms with E-state index in [9.17, 15) is 10.1 Å². The highest BCUT2D eigenvalue weighted by Crippen LogP contribution is 2.40. The molecule has 5 nitrogen and oxygen atoms in total. The van der Waals surface area contributed by atoms with Gasteiger partial charge in [0.1, 0.15) is 0 Å². The van der Waals surface area contributed by atoms with E-state index in [2.05, 4.69) is 55.8 Å². The average Bonchev–Trinajstić information content (AvgIpc) is 3.24. The molecule has 1 fully saturated rings. The maximum atomic E-state index is 11.4. The molecule has 1 aromatic heterocycles. The zero-order chi connectivity index (χ0) is 23.5. The van der Waals surface area contributed by atoms with Crippen molar-refractivity contribution >= 4 is 22.7 Å². The SMILES string of the molecule is CCc1cccc(CC)c1N=c1scc(-c2cccc([N+](=O)[O-])c2)n1C1CCCC(C)C1C. The molecular weight excluding hydrogens is 430 g/mol. The quantitative estimate of drug-likeness (QED) is 0.281. The van der Waals surface area contributed by atoms with Gasteiger partial charge < -0.3 is 4.57 Å². The van der Waals surface area contributed by atoms with E-state index in [1.807, 2.05) is 6.07 Å². The molecule has 3 unspecified atom stereocenters. The summed E-state index contributed by atoms with van der Waals surface area (Å²) < 4.78 is 2.38. The van der Waals surface area contributed by atoms with Crippen LogP contribution in [0.4, 0.5) is 11.4 Å². The van der Waals surface area contributed by atoms with Crippen molar-refractivity contribution in [2.45, 2.75) is 65.8 Å². The van der Waals surface area contributed by atoms with Crippen molar-refractivity contribution in [2.75, 3.05) is 0 Å². The fraction of sp³-hybridized carbons (Fsp3) is 0.444. The van der Waals surface area contributed by atoms with Crippen molar-refractivity contribution in [3.05, 3.63) is 73.9 Å².